The number of hydrogen-bond acceptors (Lipinski definition) is 4. The number of alkyl halides is 3. The lowest BCUT2D eigenvalue weighted by Crippen LogP contribution is -2.40. The van der Waals surface area contributed by atoms with Gasteiger partial charge in [-0.25, -0.2) is 9.07 Å². The molecule has 6 nitrogen and oxygen atoms in total. The van der Waals surface area contributed by atoms with E-state index in [1.165, 1.54) is 4.90 Å². The number of hydrogen-bond donors (Lipinski definition) is 1. The van der Waals surface area contributed by atoms with Crippen LogP contribution in [0.25, 0.3) is 5.69 Å². The molecule has 1 saturated heterocycles. The Hall–Kier alpha value is -2.49. The zero-order chi connectivity index (χ0) is 20.3. The number of halogens is 4. The van der Waals surface area contributed by atoms with Gasteiger partial charge in [-0.3, -0.25) is 4.79 Å². The lowest BCUT2D eigenvalue weighted by Gasteiger charge is -2.31. The lowest BCUT2D eigenvalue weighted by molar-refractivity contribution is -0.143. The summed E-state index contributed by atoms with van der Waals surface area (Å²) in [5.74, 6) is -0.934. The third-order valence-corrected chi connectivity index (χ3v) is 4.92. The Bertz CT molecular complexity index is 810. The van der Waals surface area contributed by atoms with E-state index in [-0.39, 0.29) is 5.69 Å². The van der Waals surface area contributed by atoms with Gasteiger partial charge in [0.25, 0.3) is 5.91 Å². The molecule has 0 spiro atoms. The van der Waals surface area contributed by atoms with Crippen molar-refractivity contribution in [2.45, 2.75) is 25.4 Å². The van der Waals surface area contributed by atoms with Crippen LogP contribution in [-0.4, -0.2) is 52.5 Å². The van der Waals surface area contributed by atoms with Crippen molar-refractivity contribution in [1.29, 1.82) is 0 Å². The summed E-state index contributed by atoms with van der Waals surface area (Å²) in [6.07, 6.45) is -2.40. The van der Waals surface area contributed by atoms with Crippen molar-refractivity contribution in [3.63, 3.8) is 0 Å². The SMILES string of the molecule is CNCCC1CCN(C(=O)c2nnn(-c3ccc(F)cc3)c2C(F)(F)F)CC1. The van der Waals surface area contributed by atoms with E-state index in [4.69, 9.17) is 0 Å². The molecule has 1 aliphatic heterocycles. The van der Waals surface area contributed by atoms with Gasteiger partial charge in [-0.2, -0.15) is 13.2 Å². The van der Waals surface area contributed by atoms with Crippen molar-refractivity contribution in [3.05, 3.63) is 41.5 Å². The molecule has 1 N–H and O–H groups in total. The van der Waals surface area contributed by atoms with Gasteiger partial charge in [0, 0.05) is 13.1 Å². The van der Waals surface area contributed by atoms with Gasteiger partial charge in [0.1, 0.15) is 5.82 Å². The zero-order valence-electron chi connectivity index (χ0n) is 15.3. The second-order valence-electron chi connectivity index (χ2n) is 6.80. The maximum absolute atomic E-state index is 13.7. The number of benzene rings is 1. The molecule has 1 aliphatic rings. The predicted octanol–water partition coefficient (Wildman–Crippen LogP) is 2.89. The highest BCUT2D eigenvalue weighted by molar-refractivity contribution is 5.93. The van der Waals surface area contributed by atoms with Crippen molar-refractivity contribution in [1.82, 2.24) is 25.2 Å². The molecule has 10 heteroatoms. The van der Waals surface area contributed by atoms with Crippen LogP contribution in [0.3, 0.4) is 0 Å². The number of aromatic nitrogens is 3. The summed E-state index contributed by atoms with van der Waals surface area (Å²) in [5.41, 5.74) is -2.00. The summed E-state index contributed by atoms with van der Waals surface area (Å²) < 4.78 is 54.7. The fourth-order valence-electron chi connectivity index (χ4n) is 3.37. The first-order valence-corrected chi connectivity index (χ1v) is 9.04. The van der Waals surface area contributed by atoms with Crippen LogP contribution < -0.4 is 5.32 Å². The minimum Gasteiger partial charge on any atom is -0.337 e. The molecule has 1 aromatic carbocycles. The van der Waals surface area contributed by atoms with E-state index in [1.54, 1.807) is 0 Å². The molecule has 0 atom stereocenters. The average molecular weight is 399 g/mol. The van der Waals surface area contributed by atoms with E-state index in [1.807, 2.05) is 7.05 Å². The first kappa shape index (κ1) is 20.2. The Labute approximate surface area is 159 Å². The smallest absolute Gasteiger partial charge is 0.337 e. The minimum atomic E-state index is -4.84. The summed E-state index contributed by atoms with van der Waals surface area (Å²) in [6.45, 7) is 1.63. The molecule has 0 unspecified atom stereocenters. The lowest BCUT2D eigenvalue weighted by atomic mass is 9.93. The summed E-state index contributed by atoms with van der Waals surface area (Å²) in [5, 5.41) is 10.1. The maximum atomic E-state index is 13.7. The molecular weight excluding hydrogens is 378 g/mol. The van der Waals surface area contributed by atoms with E-state index < -0.39 is 29.3 Å². The molecule has 0 aliphatic carbocycles. The summed E-state index contributed by atoms with van der Waals surface area (Å²) >= 11 is 0. The molecule has 28 heavy (non-hydrogen) atoms. The van der Waals surface area contributed by atoms with Gasteiger partial charge in [0.15, 0.2) is 11.4 Å². The standard InChI is InChI=1S/C18H21F4N5O/c1-23-9-6-12-7-10-26(11-8-12)17(28)15-16(18(20,21)22)27(25-24-15)14-4-2-13(19)3-5-14/h2-5,12,23H,6-11H2,1H3. The largest absolute Gasteiger partial charge is 0.435 e. The number of carbonyl (C=O) groups excluding carboxylic acids is 1. The second-order valence-corrected chi connectivity index (χ2v) is 6.80. The Kier molecular flexibility index (Phi) is 5.97. The van der Waals surface area contributed by atoms with Crippen molar-refractivity contribution < 1.29 is 22.4 Å². The number of amides is 1. The molecule has 3 rings (SSSR count). The summed E-state index contributed by atoms with van der Waals surface area (Å²) in [4.78, 5) is 14.1. The molecule has 0 radical (unpaired) electrons. The molecule has 1 aromatic heterocycles. The topological polar surface area (TPSA) is 63.1 Å². The third kappa shape index (κ3) is 4.32. The van der Waals surface area contributed by atoms with Crippen molar-refractivity contribution >= 4 is 5.91 Å². The Morgan fingerprint density at radius 3 is 2.43 bits per heavy atom. The van der Waals surface area contributed by atoms with Crippen molar-refractivity contribution in [3.8, 4) is 5.69 Å². The molecule has 0 bridgehead atoms. The van der Waals surface area contributed by atoms with Crippen LogP contribution in [0.1, 0.15) is 35.4 Å². The highest BCUT2D eigenvalue weighted by atomic mass is 19.4. The zero-order valence-corrected chi connectivity index (χ0v) is 15.3. The second kappa shape index (κ2) is 8.26. The van der Waals surface area contributed by atoms with Crippen LogP contribution in [0.5, 0.6) is 0 Å². The first-order chi connectivity index (χ1) is 13.3. The number of rotatable bonds is 5. The highest BCUT2D eigenvalue weighted by Crippen LogP contribution is 2.34. The van der Waals surface area contributed by atoms with Gasteiger partial charge >= 0.3 is 6.18 Å². The van der Waals surface area contributed by atoms with Crippen LogP contribution in [-0.2, 0) is 6.18 Å². The first-order valence-electron chi connectivity index (χ1n) is 9.04. The third-order valence-electron chi connectivity index (χ3n) is 4.92. The van der Waals surface area contributed by atoms with Gasteiger partial charge in [-0.15, -0.1) is 5.10 Å². The van der Waals surface area contributed by atoms with E-state index in [2.05, 4.69) is 15.6 Å². The van der Waals surface area contributed by atoms with Gasteiger partial charge in [-0.05, 0) is 63.0 Å². The number of nitrogens with one attached hydrogen (secondary N) is 1. The van der Waals surface area contributed by atoms with Crippen LogP contribution in [0, 0.1) is 11.7 Å². The molecule has 2 heterocycles. The van der Waals surface area contributed by atoms with Gasteiger partial charge in [0.2, 0.25) is 0 Å². The van der Waals surface area contributed by atoms with E-state index in [0.717, 1.165) is 50.1 Å². The number of likely N-dealkylation sites (tertiary alicyclic amines) is 1. The Balaban J connectivity index is 1.84. The van der Waals surface area contributed by atoms with Crippen LogP contribution >= 0.6 is 0 Å². The number of carbonyl (C=O) groups is 1. The van der Waals surface area contributed by atoms with Crippen molar-refractivity contribution in [2.24, 2.45) is 5.92 Å². The summed E-state index contributed by atoms with van der Waals surface area (Å²) in [7, 11) is 1.86. The summed E-state index contributed by atoms with van der Waals surface area (Å²) in [6, 6.07) is 4.35. The highest BCUT2D eigenvalue weighted by Gasteiger charge is 2.43. The van der Waals surface area contributed by atoms with Gasteiger partial charge in [0.05, 0.1) is 5.69 Å². The Morgan fingerprint density at radius 2 is 1.86 bits per heavy atom. The van der Waals surface area contributed by atoms with E-state index >= 15 is 0 Å². The van der Waals surface area contributed by atoms with Gasteiger partial charge in [-0.1, -0.05) is 5.21 Å². The molecular formula is C18H21F4N5O. The molecule has 0 saturated carbocycles. The van der Waals surface area contributed by atoms with Crippen LogP contribution in [0.2, 0.25) is 0 Å². The quantitative estimate of drug-likeness (QED) is 0.786. The van der Waals surface area contributed by atoms with Crippen LogP contribution in [0.4, 0.5) is 17.6 Å². The fraction of sp³-hybridized carbons (Fsp3) is 0.500. The van der Waals surface area contributed by atoms with E-state index in [0.29, 0.717) is 23.7 Å². The number of nitrogens with zero attached hydrogens (tertiary/aromatic N) is 4. The molecule has 1 fully saturated rings. The normalized spacial score (nSPS) is 15.8. The van der Waals surface area contributed by atoms with Crippen molar-refractivity contribution in [2.75, 3.05) is 26.7 Å². The maximum Gasteiger partial charge on any atom is 0.435 e. The molecule has 152 valence electrons. The van der Waals surface area contributed by atoms with Crippen LogP contribution in [0.15, 0.2) is 24.3 Å². The minimum absolute atomic E-state index is 0.0222. The molecule has 2 aromatic rings. The average Bonchev–Trinajstić information content (AvgIpc) is 3.12. The monoisotopic (exact) mass is 399 g/mol. The predicted molar refractivity (Wildman–Crippen MR) is 93.5 cm³/mol. The van der Waals surface area contributed by atoms with Gasteiger partial charge < -0.3 is 10.2 Å². The van der Waals surface area contributed by atoms with E-state index in [9.17, 15) is 22.4 Å². The molecule has 1 amide bonds. The fourth-order valence-corrected chi connectivity index (χ4v) is 3.37. The number of piperidine rings is 1. The Morgan fingerprint density at radius 1 is 1.21 bits per heavy atom.